The summed E-state index contributed by atoms with van der Waals surface area (Å²) in [4.78, 5) is 13.1. The van der Waals surface area contributed by atoms with Gasteiger partial charge < -0.3 is 14.6 Å². The molecule has 0 aliphatic carbocycles. The van der Waals surface area contributed by atoms with Crippen molar-refractivity contribution in [3.63, 3.8) is 0 Å². The summed E-state index contributed by atoms with van der Waals surface area (Å²) in [6.45, 7) is 7.94. The highest BCUT2D eigenvalue weighted by Gasteiger charge is 2.53. The molecule has 28 heavy (non-hydrogen) atoms. The van der Waals surface area contributed by atoms with Crippen LogP contribution < -0.4 is 10.8 Å². The zero-order valence-electron chi connectivity index (χ0n) is 16.8. The smallest absolute Gasteiger partial charge is 0.399 e. The average Bonchev–Trinajstić information content (AvgIpc) is 3.12. The van der Waals surface area contributed by atoms with Crippen LogP contribution in [0, 0.1) is 0 Å². The van der Waals surface area contributed by atoms with Crippen LogP contribution in [-0.2, 0) is 16.4 Å². The highest BCUT2D eigenvalue weighted by atomic mass is 16.7. The third kappa shape index (κ3) is 3.10. The van der Waals surface area contributed by atoms with E-state index in [0.717, 1.165) is 16.5 Å². The van der Waals surface area contributed by atoms with Gasteiger partial charge in [0.05, 0.1) is 11.2 Å². The molecule has 0 bridgehead atoms. The molecule has 1 amide bonds. The molecule has 0 spiro atoms. The van der Waals surface area contributed by atoms with Crippen molar-refractivity contribution in [3.8, 4) is 0 Å². The molecule has 0 radical (unpaired) electrons. The second-order valence-corrected chi connectivity index (χ2v) is 8.18. The van der Waals surface area contributed by atoms with Crippen LogP contribution in [0.5, 0.6) is 0 Å². The van der Waals surface area contributed by atoms with E-state index in [-0.39, 0.29) is 5.91 Å². The van der Waals surface area contributed by atoms with Crippen LogP contribution in [0.3, 0.4) is 0 Å². The average molecular weight is 377 g/mol. The van der Waals surface area contributed by atoms with Gasteiger partial charge in [-0.05, 0) is 39.1 Å². The van der Waals surface area contributed by atoms with Crippen LogP contribution in [0.25, 0.3) is 10.8 Å². The molecule has 0 saturated carbocycles. The van der Waals surface area contributed by atoms with Crippen molar-refractivity contribution in [1.82, 2.24) is 9.78 Å². The first kappa shape index (κ1) is 18.7. The minimum Gasteiger partial charge on any atom is -0.399 e. The molecule has 0 atom stereocenters. The first-order valence-corrected chi connectivity index (χ1v) is 9.36. The number of aryl methyl sites for hydroxylation is 1. The zero-order chi connectivity index (χ0) is 20.1. The second-order valence-electron chi connectivity index (χ2n) is 8.18. The highest BCUT2D eigenvalue weighted by Crippen LogP contribution is 2.36. The summed E-state index contributed by atoms with van der Waals surface area (Å²) in [5, 5.41) is 9.41. The van der Waals surface area contributed by atoms with E-state index in [9.17, 15) is 4.79 Å². The Morgan fingerprint density at radius 1 is 1.04 bits per heavy atom. The number of nitrogens with zero attached hydrogens (tertiary/aromatic N) is 2. The minimum absolute atomic E-state index is 0.290. The second kappa shape index (κ2) is 6.46. The molecule has 1 fully saturated rings. The lowest BCUT2D eigenvalue weighted by Crippen LogP contribution is -2.41. The van der Waals surface area contributed by atoms with Gasteiger partial charge in [0.2, 0.25) is 0 Å². The molecule has 2 aromatic carbocycles. The van der Waals surface area contributed by atoms with Crippen molar-refractivity contribution in [2.45, 2.75) is 38.9 Å². The van der Waals surface area contributed by atoms with Crippen LogP contribution in [0.1, 0.15) is 38.2 Å². The molecule has 6 nitrogen and oxygen atoms in total. The minimum atomic E-state index is -0.646. The van der Waals surface area contributed by atoms with Gasteiger partial charge in [-0.25, -0.2) is 0 Å². The monoisotopic (exact) mass is 377 g/mol. The largest absolute Gasteiger partial charge is 0.498 e. The molecular weight excluding hydrogens is 353 g/mol. The van der Waals surface area contributed by atoms with Gasteiger partial charge in [-0.1, -0.05) is 36.4 Å². The van der Waals surface area contributed by atoms with Gasteiger partial charge in [0.1, 0.15) is 5.69 Å². The van der Waals surface area contributed by atoms with Gasteiger partial charge in [0, 0.05) is 29.8 Å². The number of aromatic nitrogens is 2. The molecular formula is C21H24BN3O3. The van der Waals surface area contributed by atoms with E-state index in [1.54, 1.807) is 17.9 Å². The predicted octanol–water partition coefficient (Wildman–Crippen LogP) is 3.12. The number of carbonyl (C=O) groups is 1. The van der Waals surface area contributed by atoms with E-state index in [0.29, 0.717) is 11.2 Å². The lowest BCUT2D eigenvalue weighted by molar-refractivity contribution is 0.00578. The van der Waals surface area contributed by atoms with Crippen LogP contribution in [0.4, 0.5) is 5.69 Å². The molecule has 4 rings (SSSR count). The van der Waals surface area contributed by atoms with Crippen molar-refractivity contribution in [2.24, 2.45) is 7.05 Å². The Bertz CT molecular complexity index is 1040. The van der Waals surface area contributed by atoms with Gasteiger partial charge in [0.15, 0.2) is 0 Å². The fourth-order valence-electron chi connectivity index (χ4n) is 3.34. The molecule has 3 aromatic rings. The molecule has 0 unspecified atom stereocenters. The third-order valence-corrected chi connectivity index (χ3v) is 5.62. The topological polar surface area (TPSA) is 65.4 Å². The Morgan fingerprint density at radius 3 is 2.39 bits per heavy atom. The standard InChI is InChI=1S/C21H24BN3O3/c1-20(2)21(3,4)28-22(27-20)16-13-25(5)24-18(16)19(26)23-17-12-8-10-14-9-6-7-11-15(14)17/h6-13H,1-5H3,(H,23,26). The van der Waals surface area contributed by atoms with Crippen LogP contribution in [-0.4, -0.2) is 34.0 Å². The number of hydrogen-bond acceptors (Lipinski definition) is 4. The lowest BCUT2D eigenvalue weighted by atomic mass is 9.79. The van der Waals surface area contributed by atoms with Gasteiger partial charge in [-0.15, -0.1) is 0 Å². The van der Waals surface area contributed by atoms with Gasteiger partial charge in [-0.2, -0.15) is 5.10 Å². The number of fused-ring (bicyclic) bond motifs is 1. The zero-order valence-corrected chi connectivity index (χ0v) is 16.8. The van der Waals surface area contributed by atoms with Gasteiger partial charge in [-0.3, -0.25) is 9.48 Å². The van der Waals surface area contributed by atoms with E-state index in [1.807, 2.05) is 70.2 Å². The van der Waals surface area contributed by atoms with E-state index >= 15 is 0 Å². The summed E-state index contributed by atoms with van der Waals surface area (Å²) in [5.74, 6) is -0.290. The third-order valence-electron chi connectivity index (χ3n) is 5.62. The number of rotatable bonds is 3. The van der Waals surface area contributed by atoms with Crippen molar-refractivity contribution in [2.75, 3.05) is 5.32 Å². The Kier molecular flexibility index (Phi) is 4.32. The summed E-state index contributed by atoms with van der Waals surface area (Å²) < 4.78 is 13.8. The van der Waals surface area contributed by atoms with Crippen molar-refractivity contribution in [1.29, 1.82) is 0 Å². The van der Waals surface area contributed by atoms with E-state index in [2.05, 4.69) is 10.4 Å². The first-order valence-electron chi connectivity index (χ1n) is 9.36. The van der Waals surface area contributed by atoms with Crippen LogP contribution in [0.15, 0.2) is 48.7 Å². The van der Waals surface area contributed by atoms with Gasteiger partial charge in [0.25, 0.3) is 5.91 Å². The van der Waals surface area contributed by atoms with Gasteiger partial charge >= 0.3 is 7.12 Å². The summed E-state index contributed by atoms with van der Waals surface area (Å²) >= 11 is 0. The molecule has 144 valence electrons. The maximum Gasteiger partial charge on any atom is 0.498 e. The van der Waals surface area contributed by atoms with Crippen molar-refractivity contribution < 1.29 is 14.1 Å². The number of benzene rings is 2. The number of carbonyl (C=O) groups excluding carboxylic acids is 1. The number of hydrogen-bond donors (Lipinski definition) is 1. The van der Waals surface area contributed by atoms with Crippen LogP contribution in [0.2, 0.25) is 0 Å². The predicted molar refractivity (Wildman–Crippen MR) is 111 cm³/mol. The molecule has 2 heterocycles. The maximum absolute atomic E-state index is 13.1. The highest BCUT2D eigenvalue weighted by molar-refractivity contribution is 6.63. The fourth-order valence-corrected chi connectivity index (χ4v) is 3.34. The Hall–Kier alpha value is -2.64. The molecule has 1 aromatic heterocycles. The molecule has 1 saturated heterocycles. The summed E-state index contributed by atoms with van der Waals surface area (Å²) in [6, 6.07) is 13.8. The lowest BCUT2D eigenvalue weighted by Gasteiger charge is -2.32. The Labute approximate surface area is 165 Å². The molecule has 7 heteroatoms. The Morgan fingerprint density at radius 2 is 1.68 bits per heavy atom. The van der Waals surface area contributed by atoms with Crippen molar-refractivity contribution in [3.05, 3.63) is 54.4 Å². The summed E-state index contributed by atoms with van der Waals surface area (Å²) in [5.41, 5.74) is 0.690. The maximum atomic E-state index is 13.1. The molecule has 1 aliphatic heterocycles. The van der Waals surface area contributed by atoms with E-state index in [1.165, 1.54) is 0 Å². The fraction of sp³-hybridized carbons (Fsp3) is 0.333. The SMILES string of the molecule is Cn1cc(B2OC(C)(C)C(C)(C)O2)c(C(=O)Nc2cccc3ccccc23)n1. The van der Waals surface area contributed by atoms with Crippen molar-refractivity contribution >= 4 is 34.9 Å². The number of amides is 1. The quantitative estimate of drug-likeness (QED) is 0.713. The first-order chi connectivity index (χ1) is 13.2. The van der Waals surface area contributed by atoms with Crippen LogP contribution >= 0.6 is 0 Å². The Balaban J connectivity index is 1.66. The molecule has 1 N–H and O–H groups in total. The summed E-state index contributed by atoms with van der Waals surface area (Å²) in [6.07, 6.45) is 1.78. The molecule has 1 aliphatic rings. The summed E-state index contributed by atoms with van der Waals surface area (Å²) in [7, 11) is 1.13. The van der Waals surface area contributed by atoms with E-state index in [4.69, 9.17) is 9.31 Å². The normalized spacial score (nSPS) is 17.8. The number of anilines is 1. The number of nitrogens with one attached hydrogen (secondary N) is 1. The van der Waals surface area contributed by atoms with E-state index < -0.39 is 18.3 Å².